The first-order valence-corrected chi connectivity index (χ1v) is 4.07. The lowest BCUT2D eigenvalue weighted by molar-refractivity contribution is 0.0554. The van der Waals surface area contributed by atoms with Gasteiger partial charge in [0.15, 0.2) is 0 Å². The van der Waals surface area contributed by atoms with Crippen molar-refractivity contribution < 1.29 is 14.1 Å². The molecule has 1 saturated heterocycles. The Morgan fingerprint density at radius 2 is 2.54 bits per heavy atom. The molecule has 5 heteroatoms. The van der Waals surface area contributed by atoms with Crippen molar-refractivity contribution in [3.8, 4) is 0 Å². The maximum Gasteiger partial charge on any atom is 0.376 e. The monoisotopic (exact) mass is 182 g/mol. The van der Waals surface area contributed by atoms with Crippen molar-refractivity contribution in [3.05, 3.63) is 17.5 Å². The molecule has 1 aromatic rings. The number of hydrogen-bond donors (Lipinski definition) is 1. The van der Waals surface area contributed by atoms with Crippen LogP contribution >= 0.6 is 0 Å². The Labute approximate surface area is 75.0 Å². The maximum absolute atomic E-state index is 11.0. The number of ether oxygens (including phenoxy) is 1. The first kappa shape index (κ1) is 8.25. The van der Waals surface area contributed by atoms with Crippen molar-refractivity contribution in [1.82, 2.24) is 10.5 Å². The van der Waals surface area contributed by atoms with Crippen molar-refractivity contribution in [1.29, 1.82) is 0 Å². The van der Waals surface area contributed by atoms with Gasteiger partial charge in [0.25, 0.3) is 0 Å². The molecule has 0 bridgehead atoms. The zero-order valence-corrected chi connectivity index (χ0v) is 7.24. The minimum absolute atomic E-state index is 0.171. The Morgan fingerprint density at radius 3 is 3.08 bits per heavy atom. The summed E-state index contributed by atoms with van der Waals surface area (Å²) in [6.45, 7) is 1.79. The van der Waals surface area contributed by atoms with Crippen LogP contribution in [0.5, 0.6) is 0 Å². The van der Waals surface area contributed by atoms with Crippen LogP contribution in [-0.4, -0.2) is 31.3 Å². The summed E-state index contributed by atoms with van der Waals surface area (Å²) in [5, 5.41) is 6.91. The molecule has 5 nitrogen and oxygen atoms in total. The summed E-state index contributed by atoms with van der Waals surface area (Å²) in [5.41, 5.74) is 0.819. The Morgan fingerprint density at radius 1 is 1.77 bits per heavy atom. The number of carbonyl (C=O) groups excluding carboxylic acids is 1. The highest BCUT2D eigenvalue weighted by molar-refractivity contribution is 5.86. The van der Waals surface area contributed by atoms with E-state index in [2.05, 4.69) is 15.2 Å². The quantitative estimate of drug-likeness (QED) is 0.659. The third-order valence-electron chi connectivity index (χ3n) is 2.11. The second-order valence-corrected chi connectivity index (χ2v) is 2.96. The second-order valence-electron chi connectivity index (χ2n) is 2.96. The van der Waals surface area contributed by atoms with Gasteiger partial charge < -0.3 is 14.6 Å². The Balaban J connectivity index is 2.12. The molecule has 2 rings (SSSR count). The Kier molecular flexibility index (Phi) is 2.02. The number of esters is 1. The van der Waals surface area contributed by atoms with Gasteiger partial charge in [-0.05, 0) is 0 Å². The first-order chi connectivity index (χ1) is 6.31. The van der Waals surface area contributed by atoms with Gasteiger partial charge in [-0.1, -0.05) is 5.16 Å². The predicted octanol–water partition coefficient (Wildman–Crippen LogP) is 0.148. The normalized spacial score (nSPS) is 16.7. The molecule has 0 aromatic carbocycles. The number of carbonyl (C=O) groups is 1. The molecule has 13 heavy (non-hydrogen) atoms. The summed E-state index contributed by atoms with van der Waals surface area (Å²) in [7, 11) is 1.31. The van der Waals surface area contributed by atoms with Crippen LogP contribution in [0.3, 0.4) is 0 Å². The fourth-order valence-corrected chi connectivity index (χ4v) is 1.18. The largest absolute Gasteiger partial charge is 0.463 e. The fourth-order valence-electron chi connectivity index (χ4n) is 1.18. The molecule has 0 unspecified atom stereocenters. The molecule has 1 fully saturated rings. The number of hydrogen-bond acceptors (Lipinski definition) is 5. The molecule has 70 valence electrons. The van der Waals surface area contributed by atoms with E-state index < -0.39 is 5.97 Å². The summed E-state index contributed by atoms with van der Waals surface area (Å²) in [5.74, 6) is 0.0672. The van der Waals surface area contributed by atoms with E-state index in [9.17, 15) is 4.79 Å². The standard InChI is InChI=1S/C8H10N2O3/c1-12-8(11)7-2-6(10-13-7)5-3-9-4-5/h2,5,9H,3-4H2,1H3. The molecule has 1 aliphatic heterocycles. The van der Waals surface area contributed by atoms with E-state index in [-0.39, 0.29) is 5.76 Å². The van der Waals surface area contributed by atoms with Crippen LogP contribution in [0.25, 0.3) is 0 Å². The molecule has 1 N–H and O–H groups in total. The maximum atomic E-state index is 11.0. The summed E-state index contributed by atoms with van der Waals surface area (Å²) < 4.78 is 9.31. The zero-order chi connectivity index (χ0) is 9.26. The summed E-state index contributed by atoms with van der Waals surface area (Å²) in [6.07, 6.45) is 0. The highest BCUT2D eigenvalue weighted by Crippen LogP contribution is 2.19. The smallest absolute Gasteiger partial charge is 0.376 e. The van der Waals surface area contributed by atoms with Gasteiger partial charge in [0.05, 0.1) is 12.8 Å². The molecule has 0 radical (unpaired) electrons. The van der Waals surface area contributed by atoms with E-state index in [0.29, 0.717) is 5.92 Å². The van der Waals surface area contributed by atoms with Gasteiger partial charge >= 0.3 is 5.97 Å². The lowest BCUT2D eigenvalue weighted by Gasteiger charge is -2.24. The third kappa shape index (κ3) is 1.42. The summed E-state index contributed by atoms with van der Waals surface area (Å²) >= 11 is 0. The molecular weight excluding hydrogens is 172 g/mol. The molecule has 1 aliphatic rings. The van der Waals surface area contributed by atoms with Crippen LogP contribution < -0.4 is 5.32 Å². The zero-order valence-electron chi connectivity index (χ0n) is 7.24. The topological polar surface area (TPSA) is 64.4 Å². The van der Waals surface area contributed by atoms with Gasteiger partial charge in [0, 0.05) is 25.1 Å². The number of methoxy groups -OCH3 is 1. The number of nitrogens with one attached hydrogen (secondary N) is 1. The van der Waals surface area contributed by atoms with Crippen LogP contribution in [0.1, 0.15) is 22.2 Å². The van der Waals surface area contributed by atoms with E-state index in [1.807, 2.05) is 0 Å². The molecule has 2 heterocycles. The van der Waals surface area contributed by atoms with Crippen molar-refractivity contribution in [2.45, 2.75) is 5.92 Å². The second kappa shape index (κ2) is 3.18. The van der Waals surface area contributed by atoms with Crippen LogP contribution in [-0.2, 0) is 4.74 Å². The van der Waals surface area contributed by atoms with Gasteiger partial charge in [-0.3, -0.25) is 0 Å². The highest BCUT2D eigenvalue weighted by atomic mass is 16.5. The number of nitrogens with zero attached hydrogens (tertiary/aromatic N) is 1. The molecule has 0 aliphatic carbocycles. The van der Waals surface area contributed by atoms with Crippen LogP contribution in [0.2, 0.25) is 0 Å². The van der Waals surface area contributed by atoms with Crippen molar-refractivity contribution in [2.24, 2.45) is 0 Å². The van der Waals surface area contributed by atoms with Gasteiger partial charge in [-0.2, -0.15) is 0 Å². The Hall–Kier alpha value is -1.36. The van der Waals surface area contributed by atoms with E-state index >= 15 is 0 Å². The highest BCUT2D eigenvalue weighted by Gasteiger charge is 2.24. The molecule has 0 spiro atoms. The molecular formula is C8H10N2O3. The van der Waals surface area contributed by atoms with Crippen LogP contribution in [0, 0.1) is 0 Å². The minimum Gasteiger partial charge on any atom is -0.463 e. The van der Waals surface area contributed by atoms with Gasteiger partial charge in [-0.15, -0.1) is 0 Å². The van der Waals surface area contributed by atoms with E-state index in [1.54, 1.807) is 6.07 Å². The lowest BCUT2D eigenvalue weighted by atomic mass is 9.99. The summed E-state index contributed by atoms with van der Waals surface area (Å²) in [6, 6.07) is 1.64. The average molecular weight is 182 g/mol. The molecule has 0 atom stereocenters. The Bertz CT molecular complexity index is 317. The molecule has 0 amide bonds. The SMILES string of the molecule is COC(=O)c1cc(C2CNC2)no1. The minimum atomic E-state index is -0.481. The van der Waals surface area contributed by atoms with Gasteiger partial charge in [0.1, 0.15) is 0 Å². The number of rotatable bonds is 2. The molecule has 1 aromatic heterocycles. The summed E-state index contributed by atoms with van der Waals surface area (Å²) in [4.78, 5) is 11.0. The van der Waals surface area contributed by atoms with Crippen molar-refractivity contribution in [2.75, 3.05) is 20.2 Å². The first-order valence-electron chi connectivity index (χ1n) is 4.07. The van der Waals surface area contributed by atoms with Crippen molar-refractivity contribution >= 4 is 5.97 Å². The predicted molar refractivity (Wildman–Crippen MR) is 43.5 cm³/mol. The average Bonchev–Trinajstić information content (AvgIpc) is 2.49. The van der Waals surface area contributed by atoms with E-state index in [0.717, 1.165) is 18.8 Å². The third-order valence-corrected chi connectivity index (χ3v) is 2.11. The van der Waals surface area contributed by atoms with Gasteiger partial charge in [0.2, 0.25) is 5.76 Å². The van der Waals surface area contributed by atoms with Gasteiger partial charge in [-0.25, -0.2) is 4.79 Å². The van der Waals surface area contributed by atoms with Crippen molar-refractivity contribution in [3.63, 3.8) is 0 Å². The van der Waals surface area contributed by atoms with Crippen LogP contribution in [0.15, 0.2) is 10.6 Å². The number of aromatic nitrogens is 1. The molecule has 0 saturated carbocycles. The van der Waals surface area contributed by atoms with Crippen LogP contribution in [0.4, 0.5) is 0 Å². The van der Waals surface area contributed by atoms with E-state index in [1.165, 1.54) is 7.11 Å². The fraction of sp³-hybridized carbons (Fsp3) is 0.500. The van der Waals surface area contributed by atoms with E-state index in [4.69, 9.17) is 4.52 Å². The lowest BCUT2D eigenvalue weighted by Crippen LogP contribution is -2.40.